The summed E-state index contributed by atoms with van der Waals surface area (Å²) in [6.07, 6.45) is 2.36. The van der Waals surface area contributed by atoms with Crippen molar-refractivity contribution in [2.24, 2.45) is 0 Å². The van der Waals surface area contributed by atoms with Crippen LogP contribution >= 0.6 is 11.6 Å². The van der Waals surface area contributed by atoms with Crippen LogP contribution in [0.2, 0.25) is 5.02 Å². The Morgan fingerprint density at radius 2 is 2.05 bits per heavy atom. The zero-order chi connectivity index (χ0) is 14.9. The van der Waals surface area contributed by atoms with E-state index < -0.39 is 0 Å². The minimum atomic E-state index is 0.275. The number of benzene rings is 1. The molecule has 21 heavy (non-hydrogen) atoms. The van der Waals surface area contributed by atoms with Crippen molar-refractivity contribution in [2.75, 3.05) is 13.2 Å². The van der Waals surface area contributed by atoms with Gasteiger partial charge in [-0.05, 0) is 24.6 Å². The average Bonchev–Trinajstić information content (AvgIpc) is 2.53. The summed E-state index contributed by atoms with van der Waals surface area (Å²) in [5.74, 6) is 0.318. The van der Waals surface area contributed by atoms with E-state index in [1.807, 2.05) is 24.3 Å². The summed E-state index contributed by atoms with van der Waals surface area (Å²) in [6, 6.07) is 13.8. The molecule has 108 valence electrons. The Bertz CT molecular complexity index is 611. The molecule has 0 bridgehead atoms. The molecule has 0 aliphatic heterocycles. The van der Waals surface area contributed by atoms with Gasteiger partial charge in [0.15, 0.2) is 0 Å². The quantitative estimate of drug-likeness (QED) is 0.798. The van der Waals surface area contributed by atoms with E-state index in [9.17, 15) is 0 Å². The Balaban J connectivity index is 1.67. The minimum Gasteiger partial charge on any atom is -0.477 e. The molecular weight excluding hydrogens is 286 g/mol. The van der Waals surface area contributed by atoms with E-state index in [4.69, 9.17) is 21.6 Å². The minimum absolute atomic E-state index is 0.275. The summed E-state index contributed by atoms with van der Waals surface area (Å²) in [6.45, 7) is 2.18. The van der Waals surface area contributed by atoms with Crippen LogP contribution in [0.4, 0.5) is 0 Å². The fraction of sp³-hybridized carbons (Fsp3) is 0.250. The van der Waals surface area contributed by atoms with Crippen LogP contribution in [0.3, 0.4) is 0 Å². The molecule has 1 heterocycles. The van der Waals surface area contributed by atoms with Crippen molar-refractivity contribution < 1.29 is 4.74 Å². The van der Waals surface area contributed by atoms with Crippen LogP contribution in [0, 0.1) is 11.3 Å². The Morgan fingerprint density at radius 3 is 2.81 bits per heavy atom. The third-order valence-electron chi connectivity index (χ3n) is 2.89. The number of hydrogen-bond acceptors (Lipinski definition) is 4. The first-order chi connectivity index (χ1) is 10.3. The molecule has 0 atom stereocenters. The van der Waals surface area contributed by atoms with Crippen LogP contribution in [0.25, 0.3) is 0 Å². The number of aromatic nitrogens is 1. The molecule has 5 heteroatoms. The maximum atomic E-state index is 8.86. The molecule has 0 amide bonds. The van der Waals surface area contributed by atoms with E-state index in [0.717, 1.165) is 19.5 Å². The van der Waals surface area contributed by atoms with Gasteiger partial charge in [0, 0.05) is 12.7 Å². The summed E-state index contributed by atoms with van der Waals surface area (Å²) < 4.78 is 5.50. The van der Waals surface area contributed by atoms with Gasteiger partial charge in [-0.3, -0.25) is 0 Å². The first-order valence-electron chi connectivity index (χ1n) is 6.73. The van der Waals surface area contributed by atoms with Crippen molar-refractivity contribution in [1.82, 2.24) is 10.3 Å². The summed E-state index contributed by atoms with van der Waals surface area (Å²) in [4.78, 5) is 4.03. The average molecular weight is 302 g/mol. The predicted octanol–water partition coefficient (Wildman–Crippen LogP) is 3.17. The highest BCUT2D eigenvalue weighted by Crippen LogP contribution is 2.24. The lowest BCUT2D eigenvalue weighted by molar-refractivity contribution is 0.297. The fourth-order valence-electron chi connectivity index (χ4n) is 1.81. The standard InChI is InChI=1S/C16H16ClN3O/c17-15-14(11-18)7-9-20-16(15)21-10-4-8-19-12-13-5-2-1-3-6-13/h1-3,5-7,9,19H,4,8,10,12H2. The molecule has 0 unspecified atom stereocenters. The number of pyridine rings is 1. The zero-order valence-electron chi connectivity index (χ0n) is 11.6. The molecule has 0 fully saturated rings. The molecule has 2 rings (SSSR count). The molecule has 1 aromatic heterocycles. The third-order valence-corrected chi connectivity index (χ3v) is 3.25. The lowest BCUT2D eigenvalue weighted by atomic mass is 10.2. The van der Waals surface area contributed by atoms with Crippen LogP contribution in [-0.2, 0) is 6.54 Å². The number of rotatable bonds is 7. The second-order valence-electron chi connectivity index (χ2n) is 4.45. The van der Waals surface area contributed by atoms with E-state index in [0.29, 0.717) is 18.1 Å². The molecule has 1 N–H and O–H groups in total. The highest BCUT2D eigenvalue weighted by molar-refractivity contribution is 6.32. The molecule has 0 aliphatic carbocycles. The summed E-state index contributed by atoms with van der Waals surface area (Å²) in [7, 11) is 0. The van der Waals surface area contributed by atoms with Crippen LogP contribution < -0.4 is 10.1 Å². The van der Waals surface area contributed by atoms with Gasteiger partial charge in [-0.15, -0.1) is 0 Å². The van der Waals surface area contributed by atoms with Crippen LogP contribution in [0.5, 0.6) is 5.88 Å². The van der Waals surface area contributed by atoms with Crippen LogP contribution in [0.15, 0.2) is 42.6 Å². The molecule has 0 spiro atoms. The van der Waals surface area contributed by atoms with Gasteiger partial charge >= 0.3 is 0 Å². The van der Waals surface area contributed by atoms with E-state index in [1.54, 1.807) is 6.07 Å². The molecule has 0 radical (unpaired) electrons. The summed E-state index contributed by atoms with van der Waals surface area (Å²) in [5, 5.41) is 12.5. The first-order valence-corrected chi connectivity index (χ1v) is 7.11. The number of halogens is 1. The van der Waals surface area contributed by atoms with Gasteiger partial charge in [-0.1, -0.05) is 41.9 Å². The van der Waals surface area contributed by atoms with E-state index in [2.05, 4.69) is 22.4 Å². The lowest BCUT2D eigenvalue weighted by Gasteiger charge is -2.08. The molecule has 0 saturated heterocycles. The molecular formula is C16H16ClN3O. The van der Waals surface area contributed by atoms with Gasteiger partial charge < -0.3 is 10.1 Å². The van der Waals surface area contributed by atoms with Crippen LogP contribution in [0.1, 0.15) is 17.5 Å². The molecule has 0 aliphatic rings. The normalized spacial score (nSPS) is 10.1. The molecule has 0 saturated carbocycles. The van der Waals surface area contributed by atoms with Crippen molar-refractivity contribution in [3.63, 3.8) is 0 Å². The highest BCUT2D eigenvalue weighted by Gasteiger charge is 2.07. The maximum Gasteiger partial charge on any atom is 0.233 e. The largest absolute Gasteiger partial charge is 0.477 e. The zero-order valence-corrected chi connectivity index (χ0v) is 12.3. The number of ether oxygens (including phenoxy) is 1. The van der Waals surface area contributed by atoms with Gasteiger partial charge in [0.1, 0.15) is 11.1 Å². The Morgan fingerprint density at radius 1 is 1.24 bits per heavy atom. The van der Waals surface area contributed by atoms with Gasteiger partial charge in [0.2, 0.25) is 5.88 Å². The first kappa shape index (κ1) is 15.3. The highest BCUT2D eigenvalue weighted by atomic mass is 35.5. The predicted molar refractivity (Wildman–Crippen MR) is 82.2 cm³/mol. The number of nitrogens with one attached hydrogen (secondary N) is 1. The Kier molecular flexibility index (Phi) is 6.01. The van der Waals surface area contributed by atoms with Crippen molar-refractivity contribution in [3.05, 3.63) is 58.7 Å². The second-order valence-corrected chi connectivity index (χ2v) is 4.83. The topological polar surface area (TPSA) is 57.9 Å². The van der Waals surface area contributed by atoms with Crippen molar-refractivity contribution in [1.29, 1.82) is 5.26 Å². The third kappa shape index (κ3) is 4.75. The van der Waals surface area contributed by atoms with Crippen molar-refractivity contribution in [2.45, 2.75) is 13.0 Å². The number of hydrogen-bond donors (Lipinski definition) is 1. The fourth-order valence-corrected chi connectivity index (χ4v) is 2.01. The van der Waals surface area contributed by atoms with Gasteiger partial charge in [0.25, 0.3) is 0 Å². The Labute approximate surface area is 129 Å². The molecule has 1 aromatic carbocycles. The number of nitrogens with zero attached hydrogens (tertiary/aromatic N) is 2. The lowest BCUT2D eigenvalue weighted by Crippen LogP contribution is -2.17. The van der Waals surface area contributed by atoms with Gasteiger partial charge in [-0.2, -0.15) is 5.26 Å². The monoisotopic (exact) mass is 301 g/mol. The number of nitriles is 1. The van der Waals surface area contributed by atoms with Crippen LogP contribution in [-0.4, -0.2) is 18.1 Å². The maximum absolute atomic E-state index is 8.86. The summed E-state index contributed by atoms with van der Waals surface area (Å²) in [5.41, 5.74) is 1.63. The molecule has 2 aromatic rings. The smallest absolute Gasteiger partial charge is 0.233 e. The van der Waals surface area contributed by atoms with E-state index >= 15 is 0 Å². The summed E-state index contributed by atoms with van der Waals surface area (Å²) >= 11 is 6.00. The SMILES string of the molecule is N#Cc1ccnc(OCCCNCc2ccccc2)c1Cl. The van der Waals surface area contributed by atoms with E-state index in [-0.39, 0.29) is 5.02 Å². The van der Waals surface area contributed by atoms with Gasteiger partial charge in [0.05, 0.1) is 12.2 Å². The second kappa shape index (κ2) is 8.25. The van der Waals surface area contributed by atoms with Crippen molar-refractivity contribution >= 4 is 11.6 Å². The Hall–Kier alpha value is -2.09. The van der Waals surface area contributed by atoms with Crippen molar-refractivity contribution in [3.8, 4) is 11.9 Å². The van der Waals surface area contributed by atoms with Gasteiger partial charge in [-0.25, -0.2) is 4.98 Å². The van der Waals surface area contributed by atoms with E-state index in [1.165, 1.54) is 11.8 Å². The molecule has 4 nitrogen and oxygen atoms in total.